The molecule has 1 heterocycles. The summed E-state index contributed by atoms with van der Waals surface area (Å²) in [6.45, 7) is 0. The van der Waals surface area contributed by atoms with Gasteiger partial charge in [0.05, 0.1) is 7.11 Å². The average Bonchev–Trinajstić information content (AvgIpc) is 2.77. The molecule has 0 aromatic carbocycles. The Balaban J connectivity index is 2.06. The number of nitrogen functional groups attached to an aromatic ring is 1. The molecule has 0 aliphatic heterocycles. The van der Waals surface area contributed by atoms with Crippen LogP contribution in [-0.4, -0.2) is 34.6 Å². The number of methoxy groups -OCH3 is 1. The highest BCUT2D eigenvalue weighted by Gasteiger charge is 2.25. The highest BCUT2D eigenvalue weighted by molar-refractivity contribution is 7.99. The summed E-state index contributed by atoms with van der Waals surface area (Å²) in [5, 5.41) is 4.14. The predicted molar refractivity (Wildman–Crippen MR) is 71.6 cm³/mol. The lowest BCUT2D eigenvalue weighted by Crippen LogP contribution is -2.18. The summed E-state index contributed by atoms with van der Waals surface area (Å²) in [6.07, 6.45) is 7.20. The number of nitrogens with zero attached hydrogens (tertiary/aromatic N) is 2. The third-order valence-corrected chi connectivity index (χ3v) is 4.19. The Bertz CT molecular complexity index is 388. The van der Waals surface area contributed by atoms with Gasteiger partial charge in [0, 0.05) is 11.3 Å². The van der Waals surface area contributed by atoms with Gasteiger partial charge in [0.25, 0.3) is 0 Å². The maximum Gasteiger partial charge on any atom is 0.203 e. The van der Waals surface area contributed by atoms with E-state index in [1.54, 1.807) is 7.11 Å². The summed E-state index contributed by atoms with van der Waals surface area (Å²) in [5.74, 6) is 1.62. The van der Waals surface area contributed by atoms with Crippen LogP contribution in [-0.2, 0) is 0 Å². The Morgan fingerprint density at radius 3 is 2.94 bits per heavy atom. The van der Waals surface area contributed by atoms with Crippen molar-refractivity contribution in [1.82, 2.24) is 9.97 Å². The molecule has 0 saturated heterocycles. The lowest BCUT2D eigenvalue weighted by atomic mass is 10.2. The van der Waals surface area contributed by atoms with Gasteiger partial charge in [-0.1, -0.05) is 0 Å². The van der Waals surface area contributed by atoms with Crippen LogP contribution >= 0.6 is 11.8 Å². The van der Waals surface area contributed by atoms with E-state index in [1.165, 1.54) is 19.2 Å². The van der Waals surface area contributed by atoms with Gasteiger partial charge in [-0.05, 0) is 25.5 Å². The second kappa shape index (κ2) is 5.44. The van der Waals surface area contributed by atoms with Gasteiger partial charge in [-0.3, -0.25) is 0 Å². The summed E-state index contributed by atoms with van der Waals surface area (Å²) in [4.78, 5) is 8.10. The van der Waals surface area contributed by atoms with Crippen molar-refractivity contribution in [3.8, 4) is 5.75 Å². The first kappa shape index (κ1) is 12.3. The van der Waals surface area contributed by atoms with E-state index >= 15 is 0 Å². The molecule has 1 saturated carbocycles. The van der Waals surface area contributed by atoms with Crippen LogP contribution in [0.15, 0.2) is 6.33 Å². The number of rotatable bonds is 4. The van der Waals surface area contributed by atoms with Crippen LogP contribution in [0.3, 0.4) is 0 Å². The fourth-order valence-electron chi connectivity index (χ4n) is 2.17. The van der Waals surface area contributed by atoms with Gasteiger partial charge in [-0.15, -0.1) is 0 Å². The molecule has 2 unspecified atom stereocenters. The van der Waals surface area contributed by atoms with Gasteiger partial charge in [0.15, 0.2) is 11.6 Å². The van der Waals surface area contributed by atoms with Gasteiger partial charge in [0.2, 0.25) is 5.75 Å². The van der Waals surface area contributed by atoms with Crippen LogP contribution in [0.2, 0.25) is 0 Å². The van der Waals surface area contributed by atoms with Crippen molar-refractivity contribution in [2.75, 3.05) is 24.4 Å². The fraction of sp³-hybridized carbons (Fsp3) is 0.636. The Morgan fingerprint density at radius 1 is 1.47 bits per heavy atom. The number of aromatic nitrogens is 2. The van der Waals surface area contributed by atoms with E-state index in [0.717, 1.165) is 11.7 Å². The van der Waals surface area contributed by atoms with Crippen LogP contribution < -0.4 is 15.8 Å². The number of anilines is 2. The molecule has 2 rings (SSSR count). The molecule has 1 aliphatic rings. The van der Waals surface area contributed by atoms with Crippen molar-refractivity contribution in [2.24, 2.45) is 0 Å². The standard InChI is InChI=1S/C11H18N4OS/c1-16-9-10(12)13-6-14-11(9)15-7-3-4-8(5-7)17-2/h6-8H,3-5H2,1-2H3,(H3,12,13,14,15). The van der Waals surface area contributed by atoms with E-state index in [0.29, 0.717) is 23.4 Å². The lowest BCUT2D eigenvalue weighted by molar-refractivity contribution is 0.414. The Morgan fingerprint density at radius 2 is 2.29 bits per heavy atom. The highest BCUT2D eigenvalue weighted by atomic mass is 32.2. The average molecular weight is 254 g/mol. The first-order valence-corrected chi connectivity index (χ1v) is 6.97. The number of nitrogens with two attached hydrogens (primary N) is 1. The first-order valence-electron chi connectivity index (χ1n) is 5.68. The third kappa shape index (κ3) is 2.74. The predicted octanol–water partition coefficient (Wildman–Crippen LogP) is 1.76. The molecule has 1 fully saturated rings. The molecule has 17 heavy (non-hydrogen) atoms. The quantitative estimate of drug-likeness (QED) is 0.853. The SMILES string of the molecule is COc1c(N)ncnc1NC1CCC(SC)C1. The monoisotopic (exact) mass is 254 g/mol. The zero-order valence-corrected chi connectivity index (χ0v) is 11.0. The number of hydrogen-bond donors (Lipinski definition) is 2. The van der Waals surface area contributed by atoms with Gasteiger partial charge >= 0.3 is 0 Å². The second-order valence-corrected chi connectivity index (χ2v) is 5.29. The van der Waals surface area contributed by atoms with Crippen LogP contribution in [0.4, 0.5) is 11.6 Å². The molecule has 0 spiro atoms. The summed E-state index contributed by atoms with van der Waals surface area (Å²) in [5.41, 5.74) is 5.74. The molecule has 1 aromatic rings. The van der Waals surface area contributed by atoms with Crippen LogP contribution in [0.1, 0.15) is 19.3 Å². The molecule has 6 heteroatoms. The molecular weight excluding hydrogens is 236 g/mol. The molecule has 0 radical (unpaired) electrons. The van der Waals surface area contributed by atoms with E-state index in [1.807, 2.05) is 11.8 Å². The second-order valence-electron chi connectivity index (χ2n) is 4.15. The van der Waals surface area contributed by atoms with Gasteiger partial charge in [0.1, 0.15) is 6.33 Å². The molecular formula is C11H18N4OS. The van der Waals surface area contributed by atoms with Crippen molar-refractivity contribution in [2.45, 2.75) is 30.6 Å². The third-order valence-electron chi connectivity index (χ3n) is 3.09. The molecule has 3 N–H and O–H groups in total. The summed E-state index contributed by atoms with van der Waals surface area (Å²) >= 11 is 1.93. The van der Waals surface area contributed by atoms with Crippen molar-refractivity contribution in [3.63, 3.8) is 0 Å². The van der Waals surface area contributed by atoms with Crippen molar-refractivity contribution in [3.05, 3.63) is 6.33 Å². The Labute approximate surface area is 106 Å². The lowest BCUT2D eigenvalue weighted by Gasteiger charge is -2.16. The molecule has 1 aromatic heterocycles. The number of ether oxygens (including phenoxy) is 1. The number of nitrogens with one attached hydrogen (secondary N) is 1. The van der Waals surface area contributed by atoms with Crippen LogP contribution in [0.25, 0.3) is 0 Å². The largest absolute Gasteiger partial charge is 0.490 e. The molecule has 0 amide bonds. The minimum atomic E-state index is 0.379. The number of thioether (sulfide) groups is 1. The minimum Gasteiger partial charge on any atom is -0.490 e. The fourth-order valence-corrected chi connectivity index (χ4v) is 2.97. The zero-order valence-electron chi connectivity index (χ0n) is 10.1. The van der Waals surface area contributed by atoms with Gasteiger partial charge in [-0.2, -0.15) is 11.8 Å². The Hall–Kier alpha value is -1.17. The summed E-state index contributed by atoms with van der Waals surface area (Å²) < 4.78 is 5.22. The summed E-state index contributed by atoms with van der Waals surface area (Å²) in [6, 6.07) is 0.454. The molecule has 5 nitrogen and oxygen atoms in total. The van der Waals surface area contributed by atoms with Gasteiger partial charge in [-0.25, -0.2) is 9.97 Å². The smallest absolute Gasteiger partial charge is 0.203 e. The van der Waals surface area contributed by atoms with E-state index in [-0.39, 0.29) is 0 Å². The topological polar surface area (TPSA) is 73.1 Å². The minimum absolute atomic E-state index is 0.379. The van der Waals surface area contributed by atoms with Crippen LogP contribution in [0.5, 0.6) is 5.75 Å². The van der Waals surface area contributed by atoms with Gasteiger partial charge < -0.3 is 15.8 Å². The van der Waals surface area contributed by atoms with E-state index in [2.05, 4.69) is 21.5 Å². The summed E-state index contributed by atoms with van der Waals surface area (Å²) in [7, 11) is 1.58. The van der Waals surface area contributed by atoms with Crippen LogP contribution in [0, 0.1) is 0 Å². The molecule has 1 aliphatic carbocycles. The Kier molecular flexibility index (Phi) is 3.93. The first-order chi connectivity index (χ1) is 8.24. The zero-order chi connectivity index (χ0) is 12.3. The number of hydrogen-bond acceptors (Lipinski definition) is 6. The molecule has 2 atom stereocenters. The molecule has 0 bridgehead atoms. The molecule has 94 valence electrons. The van der Waals surface area contributed by atoms with Crippen molar-refractivity contribution >= 4 is 23.4 Å². The van der Waals surface area contributed by atoms with E-state index in [9.17, 15) is 0 Å². The normalized spacial score (nSPS) is 23.6. The van der Waals surface area contributed by atoms with Crippen molar-refractivity contribution in [1.29, 1.82) is 0 Å². The van der Waals surface area contributed by atoms with E-state index in [4.69, 9.17) is 10.5 Å². The maximum absolute atomic E-state index is 5.74. The maximum atomic E-state index is 5.74. The highest BCUT2D eigenvalue weighted by Crippen LogP contribution is 2.33. The van der Waals surface area contributed by atoms with Crippen molar-refractivity contribution < 1.29 is 4.74 Å². The van der Waals surface area contributed by atoms with E-state index < -0.39 is 0 Å².